The first kappa shape index (κ1) is 10.8. The molecule has 1 aromatic heterocycles. The second-order valence-corrected chi connectivity index (χ2v) is 4.88. The maximum absolute atomic E-state index is 11.6. The highest BCUT2D eigenvalue weighted by molar-refractivity contribution is 7.87. The van der Waals surface area contributed by atoms with Gasteiger partial charge in [0, 0.05) is 17.1 Å². The number of carbonyl (C=O) groups is 1. The van der Waals surface area contributed by atoms with Crippen LogP contribution in [0.2, 0.25) is 0 Å². The molecular formula is C10H9NO4S. The summed E-state index contributed by atoms with van der Waals surface area (Å²) in [5.74, 6) is 0. The first-order valence-corrected chi connectivity index (χ1v) is 5.86. The molecule has 0 atom stereocenters. The Morgan fingerprint density at radius 1 is 1.38 bits per heavy atom. The number of benzene rings is 1. The molecule has 0 saturated heterocycles. The first-order chi connectivity index (χ1) is 7.58. The van der Waals surface area contributed by atoms with Gasteiger partial charge in [-0.15, -0.1) is 0 Å². The fourth-order valence-corrected chi connectivity index (χ4v) is 2.40. The molecule has 0 amide bonds. The Morgan fingerprint density at radius 3 is 2.75 bits per heavy atom. The number of aldehydes is 1. The summed E-state index contributed by atoms with van der Waals surface area (Å²) >= 11 is 0. The van der Waals surface area contributed by atoms with Crippen LogP contribution in [-0.4, -0.2) is 26.8 Å². The predicted octanol–water partition coefficient (Wildman–Crippen LogP) is 1.32. The minimum absolute atomic E-state index is 0.0281. The van der Waals surface area contributed by atoms with Crippen LogP contribution in [0.15, 0.2) is 29.3 Å². The van der Waals surface area contributed by atoms with Gasteiger partial charge >= 0.3 is 0 Å². The molecule has 1 N–H and O–H groups in total. The highest BCUT2D eigenvalue weighted by Crippen LogP contribution is 2.24. The number of carbonyl (C=O) groups excluding carboxylic acids is 1. The van der Waals surface area contributed by atoms with Gasteiger partial charge in [-0.1, -0.05) is 0 Å². The van der Waals surface area contributed by atoms with E-state index < -0.39 is 10.1 Å². The SMILES string of the molecule is COS(=O)(=O)c1cc(C=O)cc2cc[nH]c12. The fourth-order valence-electron chi connectivity index (χ4n) is 1.51. The topological polar surface area (TPSA) is 76.2 Å². The Hall–Kier alpha value is -1.66. The quantitative estimate of drug-likeness (QED) is 0.647. The second kappa shape index (κ2) is 3.73. The zero-order chi connectivity index (χ0) is 11.8. The van der Waals surface area contributed by atoms with Gasteiger partial charge in [0.2, 0.25) is 0 Å². The van der Waals surface area contributed by atoms with Crippen molar-refractivity contribution in [3.63, 3.8) is 0 Å². The van der Waals surface area contributed by atoms with Crippen molar-refractivity contribution >= 4 is 27.3 Å². The Labute approximate surface area is 92.2 Å². The summed E-state index contributed by atoms with van der Waals surface area (Å²) in [6, 6.07) is 4.58. The standard InChI is InChI=1S/C10H9NO4S/c1-15-16(13,14)9-5-7(6-12)4-8-2-3-11-10(8)9/h2-6,11H,1H3. The number of fused-ring (bicyclic) bond motifs is 1. The molecule has 2 rings (SSSR count). The molecule has 0 radical (unpaired) electrons. The lowest BCUT2D eigenvalue weighted by atomic mass is 10.2. The molecular weight excluding hydrogens is 230 g/mol. The predicted molar refractivity (Wildman–Crippen MR) is 57.9 cm³/mol. The van der Waals surface area contributed by atoms with E-state index in [9.17, 15) is 13.2 Å². The van der Waals surface area contributed by atoms with Crippen molar-refractivity contribution < 1.29 is 17.4 Å². The van der Waals surface area contributed by atoms with E-state index in [-0.39, 0.29) is 4.90 Å². The minimum Gasteiger partial charge on any atom is -0.360 e. The van der Waals surface area contributed by atoms with Gasteiger partial charge in [-0.3, -0.25) is 8.98 Å². The van der Waals surface area contributed by atoms with Crippen molar-refractivity contribution in [3.05, 3.63) is 30.0 Å². The molecule has 0 aliphatic rings. The van der Waals surface area contributed by atoms with Gasteiger partial charge in [-0.05, 0) is 18.2 Å². The highest BCUT2D eigenvalue weighted by atomic mass is 32.2. The normalized spacial score (nSPS) is 11.8. The van der Waals surface area contributed by atoms with Gasteiger partial charge in [-0.2, -0.15) is 8.42 Å². The van der Waals surface area contributed by atoms with Crippen LogP contribution in [0, 0.1) is 0 Å². The third-order valence-corrected chi connectivity index (χ3v) is 3.57. The zero-order valence-electron chi connectivity index (χ0n) is 8.43. The maximum atomic E-state index is 11.6. The van der Waals surface area contributed by atoms with Crippen molar-refractivity contribution in [2.75, 3.05) is 7.11 Å². The van der Waals surface area contributed by atoms with Crippen LogP contribution in [0.5, 0.6) is 0 Å². The van der Waals surface area contributed by atoms with Crippen LogP contribution in [-0.2, 0) is 14.3 Å². The summed E-state index contributed by atoms with van der Waals surface area (Å²) in [4.78, 5) is 13.5. The van der Waals surface area contributed by atoms with Gasteiger partial charge in [0.25, 0.3) is 10.1 Å². The molecule has 0 bridgehead atoms. The van der Waals surface area contributed by atoms with Crippen LogP contribution < -0.4 is 0 Å². The Morgan fingerprint density at radius 2 is 2.12 bits per heavy atom. The van der Waals surface area contributed by atoms with Crippen molar-refractivity contribution in [1.29, 1.82) is 0 Å². The molecule has 0 unspecified atom stereocenters. The summed E-state index contributed by atoms with van der Waals surface area (Å²) in [5, 5.41) is 0.653. The minimum atomic E-state index is -3.82. The molecule has 0 fully saturated rings. The molecule has 0 spiro atoms. The maximum Gasteiger partial charge on any atom is 0.298 e. The van der Waals surface area contributed by atoms with Gasteiger partial charge in [-0.25, -0.2) is 0 Å². The van der Waals surface area contributed by atoms with E-state index in [1.165, 1.54) is 6.07 Å². The van der Waals surface area contributed by atoms with Crippen molar-refractivity contribution in [1.82, 2.24) is 4.98 Å². The summed E-state index contributed by atoms with van der Waals surface area (Å²) < 4.78 is 27.7. The van der Waals surface area contributed by atoms with Crippen molar-refractivity contribution in [3.8, 4) is 0 Å². The van der Waals surface area contributed by atoms with E-state index in [1.54, 1.807) is 18.3 Å². The van der Waals surface area contributed by atoms with Gasteiger partial charge in [0.05, 0.1) is 12.6 Å². The van der Waals surface area contributed by atoms with Gasteiger partial charge in [0.1, 0.15) is 11.2 Å². The number of aromatic amines is 1. The van der Waals surface area contributed by atoms with E-state index >= 15 is 0 Å². The average molecular weight is 239 g/mol. The van der Waals surface area contributed by atoms with E-state index in [1.807, 2.05) is 0 Å². The van der Waals surface area contributed by atoms with Gasteiger partial charge < -0.3 is 4.98 Å². The van der Waals surface area contributed by atoms with Crippen LogP contribution in [0.1, 0.15) is 10.4 Å². The van der Waals surface area contributed by atoms with E-state index in [2.05, 4.69) is 9.17 Å². The van der Waals surface area contributed by atoms with Crippen LogP contribution in [0.4, 0.5) is 0 Å². The lowest BCUT2D eigenvalue weighted by molar-refractivity contribution is 0.112. The van der Waals surface area contributed by atoms with Crippen molar-refractivity contribution in [2.24, 2.45) is 0 Å². The van der Waals surface area contributed by atoms with E-state index in [0.29, 0.717) is 22.8 Å². The number of hydrogen-bond donors (Lipinski definition) is 1. The molecule has 0 aliphatic carbocycles. The number of hydrogen-bond acceptors (Lipinski definition) is 4. The van der Waals surface area contributed by atoms with Crippen molar-refractivity contribution in [2.45, 2.75) is 4.90 Å². The number of nitrogens with one attached hydrogen (secondary N) is 1. The Bertz CT molecular complexity index is 642. The van der Waals surface area contributed by atoms with Crippen LogP contribution in [0.25, 0.3) is 10.9 Å². The largest absolute Gasteiger partial charge is 0.360 e. The molecule has 1 heterocycles. The van der Waals surface area contributed by atoms with Crippen LogP contribution in [0.3, 0.4) is 0 Å². The molecule has 1 aromatic carbocycles. The van der Waals surface area contributed by atoms with Crippen LogP contribution >= 0.6 is 0 Å². The summed E-state index contributed by atoms with van der Waals surface area (Å²) in [6.45, 7) is 0. The summed E-state index contributed by atoms with van der Waals surface area (Å²) in [5.41, 5.74) is 0.732. The smallest absolute Gasteiger partial charge is 0.298 e. The molecule has 2 aromatic rings. The number of H-pyrrole nitrogens is 1. The fraction of sp³-hybridized carbons (Fsp3) is 0.100. The molecule has 0 saturated carbocycles. The van der Waals surface area contributed by atoms with E-state index in [0.717, 1.165) is 7.11 Å². The Kier molecular flexibility index (Phi) is 2.53. The molecule has 6 heteroatoms. The lowest BCUT2D eigenvalue weighted by Crippen LogP contribution is -2.04. The average Bonchev–Trinajstić information content (AvgIpc) is 2.75. The summed E-state index contributed by atoms with van der Waals surface area (Å²) in [6.07, 6.45) is 2.20. The third kappa shape index (κ3) is 1.62. The molecule has 0 aliphatic heterocycles. The first-order valence-electron chi connectivity index (χ1n) is 4.45. The molecule has 5 nitrogen and oxygen atoms in total. The van der Waals surface area contributed by atoms with Gasteiger partial charge in [0.15, 0.2) is 0 Å². The molecule has 84 valence electrons. The summed E-state index contributed by atoms with van der Waals surface area (Å²) in [7, 11) is -2.74. The van der Waals surface area contributed by atoms with E-state index in [4.69, 9.17) is 0 Å². The third-order valence-electron chi connectivity index (χ3n) is 2.27. The lowest BCUT2D eigenvalue weighted by Gasteiger charge is -2.04. The number of aromatic nitrogens is 1. The highest BCUT2D eigenvalue weighted by Gasteiger charge is 2.18. The Balaban J connectivity index is 2.86. The second-order valence-electron chi connectivity index (χ2n) is 3.20. The monoisotopic (exact) mass is 239 g/mol. The number of rotatable bonds is 3. The molecule has 16 heavy (non-hydrogen) atoms. The zero-order valence-corrected chi connectivity index (χ0v) is 9.24.